The van der Waals surface area contributed by atoms with Gasteiger partial charge in [-0.15, -0.1) is 0 Å². The summed E-state index contributed by atoms with van der Waals surface area (Å²) in [6.45, 7) is 3.51. The molecule has 1 rings (SSSR count). The van der Waals surface area contributed by atoms with E-state index in [4.69, 9.17) is 9.84 Å². The second-order valence-electron chi connectivity index (χ2n) is 4.05. The fourth-order valence-electron chi connectivity index (χ4n) is 1.57. The van der Waals surface area contributed by atoms with Gasteiger partial charge in [-0.25, -0.2) is 0 Å². The summed E-state index contributed by atoms with van der Waals surface area (Å²) in [5.74, 6) is -1.25. The van der Waals surface area contributed by atoms with Crippen molar-refractivity contribution in [3.05, 3.63) is 29.8 Å². The highest BCUT2D eigenvalue weighted by atomic mass is 16.6. The number of hydrogen-bond acceptors (Lipinski definition) is 4. The molecule has 1 aromatic carbocycles. The van der Waals surface area contributed by atoms with Crippen molar-refractivity contribution >= 4 is 0 Å². The third-order valence-corrected chi connectivity index (χ3v) is 2.79. The first-order valence-corrected chi connectivity index (χ1v) is 5.84. The van der Waals surface area contributed by atoms with Crippen LogP contribution in [-0.4, -0.2) is 27.2 Å². The van der Waals surface area contributed by atoms with Crippen LogP contribution in [0.15, 0.2) is 24.3 Å². The standard InChI is InChI=1S/C13H20O4/c1-3-12(13(15,16)4-2)17-11-7-5-10(9-14)6-8-11/h5-8,12,14-16H,3-4,9H2,1-2H3. The third kappa shape index (κ3) is 3.70. The fourth-order valence-corrected chi connectivity index (χ4v) is 1.57. The Balaban J connectivity index is 2.73. The molecule has 1 unspecified atom stereocenters. The molecule has 3 N–H and O–H groups in total. The van der Waals surface area contributed by atoms with E-state index < -0.39 is 11.9 Å². The highest BCUT2D eigenvalue weighted by Crippen LogP contribution is 2.22. The van der Waals surface area contributed by atoms with Gasteiger partial charge in [0.15, 0.2) is 6.10 Å². The molecular formula is C13H20O4. The summed E-state index contributed by atoms with van der Waals surface area (Å²) in [5.41, 5.74) is 0.792. The summed E-state index contributed by atoms with van der Waals surface area (Å²) < 4.78 is 5.54. The minimum Gasteiger partial charge on any atom is -0.485 e. The van der Waals surface area contributed by atoms with Gasteiger partial charge < -0.3 is 20.1 Å². The molecule has 0 amide bonds. The Hall–Kier alpha value is -1.10. The topological polar surface area (TPSA) is 69.9 Å². The molecule has 0 spiro atoms. The van der Waals surface area contributed by atoms with Crippen molar-refractivity contribution in [1.29, 1.82) is 0 Å². The Morgan fingerprint density at radius 1 is 1.18 bits per heavy atom. The number of benzene rings is 1. The van der Waals surface area contributed by atoms with Crippen molar-refractivity contribution in [2.24, 2.45) is 0 Å². The molecule has 0 heterocycles. The van der Waals surface area contributed by atoms with E-state index in [-0.39, 0.29) is 13.0 Å². The van der Waals surface area contributed by atoms with Crippen molar-refractivity contribution in [2.75, 3.05) is 0 Å². The molecule has 17 heavy (non-hydrogen) atoms. The van der Waals surface area contributed by atoms with Crippen LogP contribution in [0.25, 0.3) is 0 Å². The largest absolute Gasteiger partial charge is 0.485 e. The highest BCUT2D eigenvalue weighted by Gasteiger charge is 2.33. The van der Waals surface area contributed by atoms with Gasteiger partial charge in [0.2, 0.25) is 5.79 Å². The van der Waals surface area contributed by atoms with Gasteiger partial charge >= 0.3 is 0 Å². The van der Waals surface area contributed by atoms with Crippen LogP contribution in [0, 0.1) is 0 Å². The van der Waals surface area contributed by atoms with E-state index in [0.717, 1.165) is 5.56 Å². The number of hydrogen-bond donors (Lipinski definition) is 3. The van der Waals surface area contributed by atoms with Gasteiger partial charge in [0, 0.05) is 6.42 Å². The van der Waals surface area contributed by atoms with Crippen molar-refractivity contribution < 1.29 is 20.1 Å². The number of aliphatic hydroxyl groups excluding tert-OH is 1. The van der Waals surface area contributed by atoms with Crippen LogP contribution in [0.4, 0.5) is 0 Å². The Bertz CT molecular complexity index is 332. The number of aliphatic hydroxyl groups is 3. The molecule has 0 aromatic heterocycles. The van der Waals surface area contributed by atoms with Crippen LogP contribution < -0.4 is 4.74 Å². The maximum Gasteiger partial charge on any atom is 0.200 e. The van der Waals surface area contributed by atoms with Gasteiger partial charge in [-0.05, 0) is 24.1 Å². The molecular weight excluding hydrogens is 220 g/mol. The van der Waals surface area contributed by atoms with Gasteiger partial charge in [-0.2, -0.15) is 0 Å². The summed E-state index contributed by atoms with van der Waals surface area (Å²) in [6.07, 6.45) is 0.0514. The molecule has 0 aliphatic rings. The van der Waals surface area contributed by atoms with Gasteiger partial charge in [0.05, 0.1) is 6.61 Å². The lowest BCUT2D eigenvalue weighted by Gasteiger charge is -2.30. The van der Waals surface area contributed by atoms with Crippen LogP contribution in [0.1, 0.15) is 32.3 Å². The predicted octanol–water partition coefficient (Wildman–Crippen LogP) is 1.43. The molecule has 0 radical (unpaired) electrons. The molecule has 0 saturated heterocycles. The second kappa shape index (κ2) is 6.00. The van der Waals surface area contributed by atoms with Crippen molar-refractivity contribution in [3.63, 3.8) is 0 Å². The first kappa shape index (κ1) is 14.0. The van der Waals surface area contributed by atoms with Gasteiger partial charge in [-0.3, -0.25) is 0 Å². The Kier molecular flexibility index (Phi) is 4.93. The lowest BCUT2D eigenvalue weighted by Crippen LogP contribution is -2.44. The van der Waals surface area contributed by atoms with Crippen molar-refractivity contribution in [2.45, 2.75) is 45.2 Å². The molecule has 0 fully saturated rings. The molecule has 4 heteroatoms. The minimum atomic E-state index is -1.82. The average Bonchev–Trinajstić information content (AvgIpc) is 2.36. The minimum absolute atomic E-state index is 0.0175. The van der Waals surface area contributed by atoms with E-state index in [0.29, 0.717) is 12.2 Å². The molecule has 96 valence electrons. The first-order valence-electron chi connectivity index (χ1n) is 5.84. The van der Waals surface area contributed by atoms with Crippen LogP contribution in [0.5, 0.6) is 5.75 Å². The maximum atomic E-state index is 9.74. The molecule has 0 saturated carbocycles. The smallest absolute Gasteiger partial charge is 0.200 e. The Morgan fingerprint density at radius 3 is 2.18 bits per heavy atom. The summed E-state index contributed by atoms with van der Waals surface area (Å²) in [7, 11) is 0. The van der Waals surface area contributed by atoms with E-state index in [2.05, 4.69) is 0 Å². The van der Waals surface area contributed by atoms with Crippen LogP contribution >= 0.6 is 0 Å². The van der Waals surface area contributed by atoms with Gasteiger partial charge in [0.25, 0.3) is 0 Å². The Labute approximate surface area is 101 Å². The van der Waals surface area contributed by atoms with Crippen LogP contribution in [0.3, 0.4) is 0 Å². The lowest BCUT2D eigenvalue weighted by atomic mass is 10.1. The molecule has 0 bridgehead atoms. The summed E-state index contributed by atoms with van der Waals surface area (Å²) >= 11 is 0. The van der Waals surface area contributed by atoms with E-state index in [1.807, 2.05) is 6.92 Å². The van der Waals surface area contributed by atoms with Crippen LogP contribution in [-0.2, 0) is 6.61 Å². The zero-order valence-electron chi connectivity index (χ0n) is 10.3. The zero-order valence-corrected chi connectivity index (χ0v) is 10.3. The summed E-state index contributed by atoms with van der Waals surface area (Å²) in [6, 6.07) is 6.90. The van der Waals surface area contributed by atoms with Gasteiger partial charge in [0.1, 0.15) is 5.75 Å². The van der Waals surface area contributed by atoms with Crippen molar-refractivity contribution in [1.82, 2.24) is 0 Å². The van der Waals surface area contributed by atoms with Crippen LogP contribution in [0.2, 0.25) is 0 Å². The molecule has 0 aliphatic heterocycles. The monoisotopic (exact) mass is 240 g/mol. The molecule has 4 nitrogen and oxygen atoms in total. The normalized spacial score (nSPS) is 13.5. The molecule has 0 aliphatic carbocycles. The highest BCUT2D eigenvalue weighted by molar-refractivity contribution is 5.27. The Morgan fingerprint density at radius 2 is 1.76 bits per heavy atom. The number of rotatable bonds is 6. The van der Waals surface area contributed by atoms with E-state index in [1.165, 1.54) is 0 Å². The number of ether oxygens (including phenoxy) is 1. The van der Waals surface area contributed by atoms with E-state index in [9.17, 15) is 10.2 Å². The average molecular weight is 240 g/mol. The summed E-state index contributed by atoms with van der Waals surface area (Å²) in [4.78, 5) is 0. The second-order valence-corrected chi connectivity index (χ2v) is 4.05. The van der Waals surface area contributed by atoms with E-state index >= 15 is 0 Å². The summed E-state index contributed by atoms with van der Waals surface area (Å²) in [5, 5.41) is 28.4. The first-order chi connectivity index (χ1) is 8.03. The molecule has 1 atom stereocenters. The van der Waals surface area contributed by atoms with E-state index in [1.54, 1.807) is 31.2 Å². The lowest BCUT2D eigenvalue weighted by molar-refractivity contribution is -0.218. The predicted molar refractivity (Wildman–Crippen MR) is 64.5 cm³/mol. The SMILES string of the molecule is CCC(Oc1ccc(CO)cc1)C(O)(O)CC. The van der Waals surface area contributed by atoms with Crippen molar-refractivity contribution in [3.8, 4) is 5.75 Å². The van der Waals surface area contributed by atoms with Gasteiger partial charge in [-0.1, -0.05) is 26.0 Å². The maximum absolute atomic E-state index is 9.74. The molecule has 1 aromatic rings. The fraction of sp³-hybridized carbons (Fsp3) is 0.538. The zero-order chi connectivity index (χ0) is 12.9. The quantitative estimate of drug-likeness (QED) is 0.658. The third-order valence-electron chi connectivity index (χ3n) is 2.79.